The third-order valence-electron chi connectivity index (χ3n) is 3.01. The highest BCUT2D eigenvalue weighted by Gasteiger charge is 2.20. The number of hydrazine groups is 1. The van der Waals surface area contributed by atoms with Gasteiger partial charge in [0.1, 0.15) is 10.7 Å². The first kappa shape index (κ1) is 14.2. The smallest absolute Gasteiger partial charge is 0.254 e. The third-order valence-corrected chi connectivity index (χ3v) is 4.37. The van der Waals surface area contributed by atoms with Crippen LogP contribution in [0.1, 0.15) is 26.2 Å². The van der Waals surface area contributed by atoms with Crippen molar-refractivity contribution in [3.05, 3.63) is 18.3 Å². The molecule has 0 spiro atoms. The normalized spacial score (nSPS) is 17.3. The van der Waals surface area contributed by atoms with E-state index in [1.54, 1.807) is 17.1 Å². The Kier molecular flexibility index (Phi) is 4.73. The molecule has 0 radical (unpaired) electrons. The number of nitrogens with one attached hydrogen (secondary N) is 2. The lowest BCUT2D eigenvalue weighted by Gasteiger charge is -2.26. The van der Waals surface area contributed by atoms with Gasteiger partial charge in [0.2, 0.25) is 0 Å². The quantitative estimate of drug-likeness (QED) is 0.849. The van der Waals surface area contributed by atoms with Crippen LogP contribution >= 0.6 is 0 Å². The maximum Gasteiger partial charge on any atom is 0.254 e. The monoisotopic (exact) mass is 284 g/mol. The fourth-order valence-electron chi connectivity index (χ4n) is 2.03. The number of aromatic nitrogens is 1. The summed E-state index contributed by atoms with van der Waals surface area (Å²) in [5.74, 6) is 0.680. The summed E-state index contributed by atoms with van der Waals surface area (Å²) in [6, 6.07) is 3.24. The van der Waals surface area contributed by atoms with E-state index in [2.05, 4.69) is 15.1 Å². The van der Waals surface area contributed by atoms with E-state index in [0.29, 0.717) is 5.82 Å². The molecule has 0 unspecified atom stereocenters. The first-order valence-corrected chi connectivity index (χ1v) is 8.07. The number of rotatable bonds is 5. The van der Waals surface area contributed by atoms with Crippen molar-refractivity contribution >= 4 is 15.8 Å². The SMILES string of the molecule is CCNc1ccc(S(=O)(=O)NN2CCCCC2)cn1. The molecule has 0 bridgehead atoms. The number of hydrogen-bond donors (Lipinski definition) is 2. The molecule has 6 nitrogen and oxygen atoms in total. The first-order chi connectivity index (χ1) is 9.12. The van der Waals surface area contributed by atoms with E-state index in [-0.39, 0.29) is 4.90 Å². The standard InChI is InChI=1S/C12H20N4O2S/c1-2-13-12-7-6-11(10-14-12)19(17,18)15-16-8-4-3-5-9-16/h6-7,10,15H,2-5,8-9H2,1H3,(H,13,14). The Morgan fingerprint density at radius 1 is 1.26 bits per heavy atom. The predicted molar refractivity (Wildman–Crippen MR) is 74.1 cm³/mol. The number of nitrogens with zero attached hydrogens (tertiary/aromatic N) is 2. The zero-order valence-corrected chi connectivity index (χ0v) is 11.9. The van der Waals surface area contributed by atoms with E-state index in [1.807, 2.05) is 6.92 Å². The average Bonchev–Trinajstić information content (AvgIpc) is 2.40. The van der Waals surface area contributed by atoms with E-state index >= 15 is 0 Å². The number of hydrogen-bond acceptors (Lipinski definition) is 5. The van der Waals surface area contributed by atoms with Gasteiger partial charge < -0.3 is 5.32 Å². The van der Waals surface area contributed by atoms with E-state index in [0.717, 1.165) is 38.9 Å². The van der Waals surface area contributed by atoms with Crippen LogP contribution in [0, 0.1) is 0 Å². The van der Waals surface area contributed by atoms with Crippen molar-refractivity contribution in [1.82, 2.24) is 14.8 Å². The van der Waals surface area contributed by atoms with E-state index in [1.165, 1.54) is 6.20 Å². The highest BCUT2D eigenvalue weighted by molar-refractivity contribution is 7.89. The van der Waals surface area contributed by atoms with Gasteiger partial charge in [0.25, 0.3) is 10.0 Å². The van der Waals surface area contributed by atoms with Crippen LogP contribution in [0.25, 0.3) is 0 Å². The maximum absolute atomic E-state index is 12.2. The van der Waals surface area contributed by atoms with Gasteiger partial charge in [-0.3, -0.25) is 0 Å². The fraction of sp³-hybridized carbons (Fsp3) is 0.583. The molecule has 1 aromatic heterocycles. The molecule has 1 saturated heterocycles. The molecule has 2 heterocycles. The van der Waals surface area contributed by atoms with Crippen LogP contribution < -0.4 is 10.1 Å². The Bertz CT molecular complexity index is 495. The van der Waals surface area contributed by atoms with Crippen molar-refractivity contribution < 1.29 is 8.42 Å². The minimum Gasteiger partial charge on any atom is -0.370 e. The average molecular weight is 284 g/mol. The summed E-state index contributed by atoms with van der Waals surface area (Å²) in [6.07, 6.45) is 4.60. The Morgan fingerprint density at radius 3 is 2.58 bits per heavy atom. The van der Waals surface area contributed by atoms with Gasteiger partial charge in [-0.1, -0.05) is 6.42 Å². The molecule has 1 aliphatic heterocycles. The molecule has 2 rings (SSSR count). The predicted octanol–water partition coefficient (Wildman–Crippen LogP) is 1.19. The molecule has 106 valence electrons. The van der Waals surface area contributed by atoms with Gasteiger partial charge in [-0.05, 0) is 31.9 Å². The van der Waals surface area contributed by atoms with Crippen LogP contribution in [0.15, 0.2) is 23.2 Å². The summed E-state index contributed by atoms with van der Waals surface area (Å²) in [7, 11) is -3.51. The second-order valence-corrected chi connectivity index (χ2v) is 6.21. The Hall–Kier alpha value is -1.18. The van der Waals surface area contributed by atoms with Crippen molar-refractivity contribution in [3.63, 3.8) is 0 Å². The minimum absolute atomic E-state index is 0.194. The zero-order chi connectivity index (χ0) is 13.7. The van der Waals surface area contributed by atoms with Gasteiger partial charge in [0, 0.05) is 25.8 Å². The van der Waals surface area contributed by atoms with Crippen molar-refractivity contribution in [1.29, 1.82) is 0 Å². The molecular weight excluding hydrogens is 264 g/mol. The second kappa shape index (κ2) is 6.31. The molecule has 0 atom stereocenters. The first-order valence-electron chi connectivity index (χ1n) is 6.59. The lowest BCUT2D eigenvalue weighted by atomic mass is 10.2. The topological polar surface area (TPSA) is 74.3 Å². The summed E-state index contributed by atoms with van der Waals surface area (Å²) in [5.41, 5.74) is 0. The van der Waals surface area contributed by atoms with Gasteiger partial charge in [-0.15, -0.1) is 4.83 Å². The summed E-state index contributed by atoms with van der Waals surface area (Å²) in [4.78, 5) is 6.88. The van der Waals surface area contributed by atoms with Crippen LogP contribution in [0.5, 0.6) is 0 Å². The molecule has 7 heteroatoms. The second-order valence-electron chi connectivity index (χ2n) is 4.55. The minimum atomic E-state index is -3.51. The number of pyridine rings is 1. The van der Waals surface area contributed by atoms with Gasteiger partial charge in [0.15, 0.2) is 0 Å². The summed E-state index contributed by atoms with van der Waals surface area (Å²) in [6.45, 7) is 4.25. The van der Waals surface area contributed by atoms with E-state index in [9.17, 15) is 8.42 Å². The van der Waals surface area contributed by atoms with E-state index < -0.39 is 10.0 Å². The third kappa shape index (κ3) is 3.89. The molecular formula is C12H20N4O2S. The van der Waals surface area contributed by atoms with Crippen LogP contribution in [-0.4, -0.2) is 38.0 Å². The summed E-state index contributed by atoms with van der Waals surface area (Å²) < 4.78 is 24.3. The number of anilines is 1. The van der Waals surface area contributed by atoms with Gasteiger partial charge in [-0.2, -0.15) is 0 Å². The molecule has 0 aromatic carbocycles. The fourth-order valence-corrected chi connectivity index (χ4v) is 3.10. The molecule has 0 amide bonds. The molecule has 19 heavy (non-hydrogen) atoms. The highest BCUT2D eigenvalue weighted by atomic mass is 32.2. The van der Waals surface area contributed by atoms with Gasteiger partial charge >= 0.3 is 0 Å². The van der Waals surface area contributed by atoms with Gasteiger partial charge in [0.05, 0.1) is 0 Å². The van der Waals surface area contributed by atoms with Crippen molar-refractivity contribution in [2.45, 2.75) is 31.1 Å². The van der Waals surface area contributed by atoms with Crippen LogP contribution in [0.3, 0.4) is 0 Å². The Balaban J connectivity index is 2.05. The van der Waals surface area contributed by atoms with Crippen molar-refractivity contribution in [3.8, 4) is 0 Å². The summed E-state index contributed by atoms with van der Waals surface area (Å²) in [5, 5.41) is 4.79. The lowest BCUT2D eigenvalue weighted by Crippen LogP contribution is -2.44. The maximum atomic E-state index is 12.2. The lowest BCUT2D eigenvalue weighted by molar-refractivity contribution is 0.200. The highest BCUT2D eigenvalue weighted by Crippen LogP contribution is 2.13. The van der Waals surface area contributed by atoms with Crippen LogP contribution in [0.2, 0.25) is 0 Å². The van der Waals surface area contributed by atoms with E-state index in [4.69, 9.17) is 0 Å². The van der Waals surface area contributed by atoms with Gasteiger partial charge in [-0.25, -0.2) is 18.4 Å². The largest absolute Gasteiger partial charge is 0.370 e. The zero-order valence-electron chi connectivity index (χ0n) is 11.1. The summed E-state index contributed by atoms with van der Waals surface area (Å²) >= 11 is 0. The number of sulfonamides is 1. The Labute approximate surface area is 114 Å². The molecule has 0 saturated carbocycles. The van der Waals surface area contributed by atoms with Crippen molar-refractivity contribution in [2.75, 3.05) is 25.0 Å². The molecule has 2 N–H and O–H groups in total. The van der Waals surface area contributed by atoms with Crippen LogP contribution in [-0.2, 0) is 10.0 Å². The number of piperidine rings is 1. The Morgan fingerprint density at radius 2 is 2.00 bits per heavy atom. The van der Waals surface area contributed by atoms with Crippen molar-refractivity contribution in [2.24, 2.45) is 0 Å². The van der Waals surface area contributed by atoms with Crippen LogP contribution in [0.4, 0.5) is 5.82 Å². The molecule has 0 aliphatic carbocycles. The molecule has 1 fully saturated rings. The molecule has 1 aromatic rings. The molecule has 1 aliphatic rings.